The highest BCUT2D eigenvalue weighted by Crippen LogP contribution is 2.28. The Balaban J connectivity index is 2.05. The molecule has 1 aliphatic heterocycles. The summed E-state index contributed by atoms with van der Waals surface area (Å²) in [6.45, 7) is 5.04. The Labute approximate surface area is 132 Å². The smallest absolute Gasteiger partial charge is 0.264 e. The number of methoxy groups -OCH3 is 1. The SMILES string of the molecule is COCCN(CC1CCCN1)C(=O)c1cc(C)c(Br)s1. The highest BCUT2D eigenvalue weighted by molar-refractivity contribution is 9.11. The molecule has 0 bridgehead atoms. The number of rotatable bonds is 6. The van der Waals surface area contributed by atoms with Crippen LogP contribution >= 0.6 is 27.3 Å². The summed E-state index contributed by atoms with van der Waals surface area (Å²) >= 11 is 4.99. The van der Waals surface area contributed by atoms with Crippen LogP contribution in [0.1, 0.15) is 28.1 Å². The van der Waals surface area contributed by atoms with Gasteiger partial charge in [-0.15, -0.1) is 11.3 Å². The van der Waals surface area contributed by atoms with E-state index in [1.54, 1.807) is 7.11 Å². The minimum Gasteiger partial charge on any atom is -0.383 e. The number of carbonyl (C=O) groups is 1. The van der Waals surface area contributed by atoms with Gasteiger partial charge in [0.15, 0.2) is 0 Å². The number of halogens is 1. The lowest BCUT2D eigenvalue weighted by Crippen LogP contribution is -2.42. The summed E-state index contributed by atoms with van der Waals surface area (Å²) < 4.78 is 6.17. The lowest BCUT2D eigenvalue weighted by Gasteiger charge is -2.25. The van der Waals surface area contributed by atoms with Crippen LogP contribution in [0.3, 0.4) is 0 Å². The molecule has 1 saturated heterocycles. The van der Waals surface area contributed by atoms with Crippen LogP contribution < -0.4 is 5.32 Å². The van der Waals surface area contributed by atoms with Gasteiger partial charge in [-0.2, -0.15) is 0 Å². The summed E-state index contributed by atoms with van der Waals surface area (Å²) in [6.07, 6.45) is 2.34. The molecule has 1 N–H and O–H groups in total. The van der Waals surface area contributed by atoms with E-state index in [2.05, 4.69) is 21.2 Å². The van der Waals surface area contributed by atoms with Gasteiger partial charge in [-0.05, 0) is 53.9 Å². The minimum atomic E-state index is 0.106. The second-order valence-corrected chi connectivity index (χ2v) is 7.47. The largest absolute Gasteiger partial charge is 0.383 e. The van der Waals surface area contributed by atoms with E-state index in [0.29, 0.717) is 19.2 Å². The van der Waals surface area contributed by atoms with E-state index < -0.39 is 0 Å². The Bertz CT molecular complexity index is 439. The lowest BCUT2D eigenvalue weighted by atomic mass is 10.2. The number of carbonyl (C=O) groups excluding carboxylic acids is 1. The van der Waals surface area contributed by atoms with Crippen molar-refractivity contribution in [1.29, 1.82) is 0 Å². The molecule has 1 aliphatic rings. The highest BCUT2D eigenvalue weighted by Gasteiger charge is 2.23. The molecular weight excluding hydrogens is 340 g/mol. The van der Waals surface area contributed by atoms with Crippen LogP contribution in [0.2, 0.25) is 0 Å². The second-order valence-electron chi connectivity index (χ2n) is 5.10. The minimum absolute atomic E-state index is 0.106. The molecule has 0 aromatic carbocycles. The number of hydrogen-bond acceptors (Lipinski definition) is 4. The first-order valence-electron chi connectivity index (χ1n) is 6.89. The Morgan fingerprint density at radius 1 is 1.65 bits per heavy atom. The zero-order valence-corrected chi connectivity index (χ0v) is 14.3. The van der Waals surface area contributed by atoms with Gasteiger partial charge >= 0.3 is 0 Å². The number of aryl methyl sites for hydroxylation is 1. The van der Waals surface area contributed by atoms with E-state index in [1.807, 2.05) is 17.9 Å². The third-order valence-electron chi connectivity index (χ3n) is 3.52. The quantitative estimate of drug-likeness (QED) is 0.847. The number of ether oxygens (including phenoxy) is 1. The van der Waals surface area contributed by atoms with Gasteiger partial charge in [-0.1, -0.05) is 0 Å². The van der Waals surface area contributed by atoms with Crippen LogP contribution in [-0.2, 0) is 4.74 Å². The standard InChI is InChI=1S/C14H21BrN2O2S/c1-10-8-12(20-13(10)15)14(18)17(6-7-19-2)9-11-4-3-5-16-11/h8,11,16H,3-7,9H2,1-2H3. The molecular formula is C14H21BrN2O2S. The molecule has 1 amide bonds. The molecule has 0 spiro atoms. The molecule has 0 aliphatic carbocycles. The fraction of sp³-hybridized carbons (Fsp3) is 0.643. The van der Waals surface area contributed by atoms with E-state index in [9.17, 15) is 4.79 Å². The average Bonchev–Trinajstić information content (AvgIpc) is 3.05. The van der Waals surface area contributed by atoms with Gasteiger partial charge in [0.25, 0.3) is 5.91 Å². The third-order valence-corrected chi connectivity index (χ3v) is 5.65. The maximum atomic E-state index is 12.6. The second kappa shape index (κ2) is 7.54. The number of nitrogens with zero attached hydrogens (tertiary/aromatic N) is 1. The Morgan fingerprint density at radius 3 is 3.00 bits per heavy atom. The van der Waals surface area contributed by atoms with Crippen LogP contribution in [0.4, 0.5) is 0 Å². The summed E-state index contributed by atoms with van der Waals surface area (Å²) in [6, 6.07) is 2.37. The molecule has 1 atom stereocenters. The predicted octanol–water partition coefficient (Wildman–Crippen LogP) is 2.66. The highest BCUT2D eigenvalue weighted by atomic mass is 79.9. The van der Waals surface area contributed by atoms with Crippen molar-refractivity contribution >= 4 is 33.2 Å². The van der Waals surface area contributed by atoms with Crippen molar-refractivity contribution in [1.82, 2.24) is 10.2 Å². The van der Waals surface area contributed by atoms with Gasteiger partial charge < -0.3 is 15.0 Å². The summed E-state index contributed by atoms with van der Waals surface area (Å²) in [7, 11) is 1.67. The van der Waals surface area contributed by atoms with Crippen molar-refractivity contribution in [3.63, 3.8) is 0 Å². The predicted molar refractivity (Wildman–Crippen MR) is 85.6 cm³/mol. The zero-order valence-electron chi connectivity index (χ0n) is 11.9. The van der Waals surface area contributed by atoms with Gasteiger partial charge in [0.1, 0.15) is 0 Å². The van der Waals surface area contributed by atoms with Gasteiger partial charge in [-0.25, -0.2) is 0 Å². The Morgan fingerprint density at radius 2 is 2.45 bits per heavy atom. The van der Waals surface area contributed by atoms with Crippen molar-refractivity contribution in [3.8, 4) is 0 Å². The average molecular weight is 361 g/mol. The molecule has 0 saturated carbocycles. The summed E-state index contributed by atoms with van der Waals surface area (Å²) in [4.78, 5) is 15.3. The number of amides is 1. The maximum absolute atomic E-state index is 12.6. The molecule has 4 nitrogen and oxygen atoms in total. The van der Waals surface area contributed by atoms with Crippen LogP contribution in [0.15, 0.2) is 9.85 Å². The monoisotopic (exact) mass is 360 g/mol. The van der Waals surface area contributed by atoms with Gasteiger partial charge in [-0.3, -0.25) is 4.79 Å². The Hall–Kier alpha value is -0.430. The van der Waals surface area contributed by atoms with Crippen LogP contribution in [0, 0.1) is 6.92 Å². The molecule has 112 valence electrons. The fourth-order valence-electron chi connectivity index (χ4n) is 2.38. The number of thiophene rings is 1. The van der Waals surface area contributed by atoms with Crippen molar-refractivity contribution in [2.75, 3.05) is 33.4 Å². The molecule has 2 rings (SSSR count). The van der Waals surface area contributed by atoms with Crippen LogP contribution in [0.5, 0.6) is 0 Å². The van der Waals surface area contributed by atoms with Gasteiger partial charge in [0.2, 0.25) is 0 Å². The first-order chi connectivity index (χ1) is 9.61. The molecule has 6 heteroatoms. The van der Waals surface area contributed by atoms with E-state index in [1.165, 1.54) is 17.8 Å². The van der Waals surface area contributed by atoms with E-state index in [-0.39, 0.29) is 5.91 Å². The third kappa shape index (κ3) is 4.04. The summed E-state index contributed by atoms with van der Waals surface area (Å²) in [5, 5.41) is 3.45. The molecule has 0 radical (unpaired) electrons. The first kappa shape index (κ1) is 15.9. The first-order valence-corrected chi connectivity index (χ1v) is 8.50. The number of hydrogen-bond donors (Lipinski definition) is 1. The van der Waals surface area contributed by atoms with E-state index in [4.69, 9.17) is 4.74 Å². The van der Waals surface area contributed by atoms with Crippen molar-refractivity contribution in [2.45, 2.75) is 25.8 Å². The molecule has 1 aromatic rings. The normalized spacial score (nSPS) is 18.4. The van der Waals surface area contributed by atoms with E-state index >= 15 is 0 Å². The molecule has 1 unspecified atom stereocenters. The number of nitrogens with one attached hydrogen (secondary N) is 1. The summed E-state index contributed by atoms with van der Waals surface area (Å²) in [5.74, 6) is 0.106. The Kier molecular flexibility index (Phi) is 6.01. The molecule has 20 heavy (non-hydrogen) atoms. The summed E-state index contributed by atoms with van der Waals surface area (Å²) in [5.41, 5.74) is 1.11. The van der Waals surface area contributed by atoms with E-state index in [0.717, 1.165) is 33.7 Å². The van der Waals surface area contributed by atoms with Gasteiger partial charge in [0.05, 0.1) is 15.3 Å². The molecule has 1 aromatic heterocycles. The lowest BCUT2D eigenvalue weighted by molar-refractivity contribution is 0.0684. The van der Waals surface area contributed by atoms with Crippen LogP contribution in [0.25, 0.3) is 0 Å². The molecule has 2 heterocycles. The fourth-order valence-corrected chi connectivity index (χ4v) is 3.88. The van der Waals surface area contributed by atoms with Crippen molar-refractivity contribution in [3.05, 3.63) is 20.3 Å². The maximum Gasteiger partial charge on any atom is 0.264 e. The van der Waals surface area contributed by atoms with Gasteiger partial charge in [0, 0.05) is 26.2 Å². The molecule has 1 fully saturated rings. The van der Waals surface area contributed by atoms with Crippen molar-refractivity contribution in [2.24, 2.45) is 0 Å². The topological polar surface area (TPSA) is 41.6 Å². The van der Waals surface area contributed by atoms with Crippen molar-refractivity contribution < 1.29 is 9.53 Å². The zero-order chi connectivity index (χ0) is 14.5. The van der Waals surface area contributed by atoms with Crippen LogP contribution in [-0.4, -0.2) is 50.2 Å².